The fourth-order valence-corrected chi connectivity index (χ4v) is 2.14. The highest BCUT2D eigenvalue weighted by molar-refractivity contribution is 5.90. The largest absolute Gasteiger partial charge is 0.383 e. The van der Waals surface area contributed by atoms with Crippen LogP contribution < -0.4 is 10.2 Å². The molecule has 0 saturated carbocycles. The summed E-state index contributed by atoms with van der Waals surface area (Å²) in [5, 5.41) is 4.05. The Labute approximate surface area is 125 Å². The van der Waals surface area contributed by atoms with Crippen LogP contribution in [0.5, 0.6) is 0 Å². The van der Waals surface area contributed by atoms with Crippen molar-refractivity contribution in [2.45, 2.75) is 0 Å². The van der Waals surface area contributed by atoms with Crippen LogP contribution in [0.2, 0.25) is 0 Å². The molecule has 0 aliphatic heterocycles. The van der Waals surface area contributed by atoms with Gasteiger partial charge in [-0.25, -0.2) is 4.98 Å². The van der Waals surface area contributed by atoms with Crippen LogP contribution in [0.4, 0.5) is 11.8 Å². The maximum Gasteiger partial charge on any atom is 0.224 e. The SMILES string of the molecule is CNc1nc(N(CCOC)CCOC)c2ccccc2n1. The van der Waals surface area contributed by atoms with Crippen molar-refractivity contribution in [1.82, 2.24) is 9.97 Å². The van der Waals surface area contributed by atoms with Crippen LogP contribution in [-0.4, -0.2) is 57.5 Å². The van der Waals surface area contributed by atoms with Gasteiger partial charge in [-0.15, -0.1) is 0 Å². The van der Waals surface area contributed by atoms with Crippen molar-refractivity contribution in [2.24, 2.45) is 0 Å². The molecular formula is C15H22N4O2. The summed E-state index contributed by atoms with van der Waals surface area (Å²) in [6.07, 6.45) is 0. The number of nitrogens with zero attached hydrogens (tertiary/aromatic N) is 3. The summed E-state index contributed by atoms with van der Waals surface area (Å²) in [4.78, 5) is 11.3. The van der Waals surface area contributed by atoms with Crippen molar-refractivity contribution in [2.75, 3.05) is 57.8 Å². The van der Waals surface area contributed by atoms with Crippen molar-refractivity contribution < 1.29 is 9.47 Å². The smallest absolute Gasteiger partial charge is 0.224 e. The van der Waals surface area contributed by atoms with Crippen molar-refractivity contribution in [3.05, 3.63) is 24.3 Å². The van der Waals surface area contributed by atoms with Gasteiger partial charge < -0.3 is 19.7 Å². The lowest BCUT2D eigenvalue weighted by molar-refractivity contribution is 0.190. The van der Waals surface area contributed by atoms with E-state index in [1.165, 1.54) is 0 Å². The lowest BCUT2D eigenvalue weighted by Gasteiger charge is -2.24. The van der Waals surface area contributed by atoms with Gasteiger partial charge in [-0.1, -0.05) is 12.1 Å². The molecule has 6 nitrogen and oxygen atoms in total. The van der Waals surface area contributed by atoms with E-state index >= 15 is 0 Å². The van der Waals surface area contributed by atoms with Gasteiger partial charge >= 0.3 is 0 Å². The molecule has 21 heavy (non-hydrogen) atoms. The lowest BCUT2D eigenvalue weighted by atomic mass is 10.2. The predicted octanol–water partition coefficient (Wildman–Crippen LogP) is 1.77. The number of hydrogen-bond acceptors (Lipinski definition) is 6. The number of benzene rings is 1. The molecule has 0 aliphatic rings. The Balaban J connectivity index is 2.43. The number of para-hydroxylation sites is 1. The number of nitrogens with one attached hydrogen (secondary N) is 1. The second-order valence-corrected chi connectivity index (χ2v) is 4.61. The number of aromatic nitrogens is 2. The quantitative estimate of drug-likeness (QED) is 0.799. The molecule has 1 aromatic heterocycles. The average molecular weight is 290 g/mol. The van der Waals surface area contributed by atoms with E-state index in [-0.39, 0.29) is 0 Å². The molecule has 0 aliphatic carbocycles. The minimum Gasteiger partial charge on any atom is -0.383 e. The second kappa shape index (κ2) is 7.75. The van der Waals surface area contributed by atoms with Crippen LogP contribution in [0.3, 0.4) is 0 Å². The van der Waals surface area contributed by atoms with Gasteiger partial charge in [0, 0.05) is 39.7 Å². The third-order valence-electron chi connectivity index (χ3n) is 3.24. The van der Waals surface area contributed by atoms with Gasteiger partial charge in [0.15, 0.2) is 0 Å². The Morgan fingerprint density at radius 1 is 1.05 bits per heavy atom. The number of anilines is 2. The van der Waals surface area contributed by atoms with Gasteiger partial charge in [0.1, 0.15) is 5.82 Å². The number of hydrogen-bond donors (Lipinski definition) is 1. The highest BCUT2D eigenvalue weighted by Gasteiger charge is 2.14. The zero-order chi connectivity index (χ0) is 15.1. The van der Waals surface area contributed by atoms with Crippen LogP contribution >= 0.6 is 0 Å². The van der Waals surface area contributed by atoms with E-state index in [0.29, 0.717) is 19.2 Å². The summed E-state index contributed by atoms with van der Waals surface area (Å²) in [5.41, 5.74) is 0.923. The Bertz CT molecular complexity index is 569. The molecule has 1 heterocycles. The Hall–Kier alpha value is -1.92. The van der Waals surface area contributed by atoms with Crippen LogP contribution in [0.25, 0.3) is 10.9 Å². The van der Waals surface area contributed by atoms with Gasteiger partial charge in [0.05, 0.1) is 18.7 Å². The topological polar surface area (TPSA) is 59.5 Å². The minimum absolute atomic E-state index is 0.614. The van der Waals surface area contributed by atoms with Crippen LogP contribution in [0, 0.1) is 0 Å². The van der Waals surface area contributed by atoms with Gasteiger partial charge in [-0.2, -0.15) is 4.98 Å². The Morgan fingerprint density at radius 2 is 1.71 bits per heavy atom. The van der Waals surface area contributed by atoms with E-state index in [9.17, 15) is 0 Å². The van der Waals surface area contributed by atoms with Crippen molar-refractivity contribution >= 4 is 22.7 Å². The fraction of sp³-hybridized carbons (Fsp3) is 0.467. The lowest BCUT2D eigenvalue weighted by Crippen LogP contribution is -2.31. The van der Waals surface area contributed by atoms with Crippen LogP contribution in [0.15, 0.2) is 24.3 Å². The first-order valence-corrected chi connectivity index (χ1v) is 6.97. The normalized spacial score (nSPS) is 10.8. The summed E-state index contributed by atoms with van der Waals surface area (Å²) in [6.45, 7) is 2.78. The summed E-state index contributed by atoms with van der Waals surface area (Å²) in [5.74, 6) is 1.52. The van der Waals surface area contributed by atoms with E-state index < -0.39 is 0 Å². The summed E-state index contributed by atoms with van der Waals surface area (Å²) < 4.78 is 10.4. The molecule has 0 fully saturated rings. The third kappa shape index (κ3) is 3.80. The molecule has 2 rings (SSSR count). The van der Waals surface area contributed by atoms with E-state index in [1.54, 1.807) is 14.2 Å². The Morgan fingerprint density at radius 3 is 2.33 bits per heavy atom. The molecular weight excluding hydrogens is 268 g/mol. The average Bonchev–Trinajstić information content (AvgIpc) is 2.54. The first-order valence-electron chi connectivity index (χ1n) is 6.97. The molecule has 114 valence electrons. The monoisotopic (exact) mass is 290 g/mol. The molecule has 0 bridgehead atoms. The molecule has 0 saturated heterocycles. The van der Waals surface area contributed by atoms with E-state index in [2.05, 4.69) is 20.2 Å². The van der Waals surface area contributed by atoms with Crippen LogP contribution in [0.1, 0.15) is 0 Å². The minimum atomic E-state index is 0.614. The molecule has 0 spiro atoms. The fourth-order valence-electron chi connectivity index (χ4n) is 2.14. The second-order valence-electron chi connectivity index (χ2n) is 4.61. The van der Waals surface area contributed by atoms with Gasteiger partial charge in [-0.05, 0) is 12.1 Å². The van der Waals surface area contributed by atoms with E-state index in [4.69, 9.17) is 9.47 Å². The molecule has 0 unspecified atom stereocenters. The van der Waals surface area contributed by atoms with Gasteiger partial charge in [-0.3, -0.25) is 0 Å². The maximum absolute atomic E-state index is 5.20. The molecule has 6 heteroatoms. The molecule has 1 aromatic carbocycles. The highest BCUT2D eigenvalue weighted by atomic mass is 16.5. The van der Waals surface area contributed by atoms with Gasteiger partial charge in [0.25, 0.3) is 0 Å². The standard InChI is InChI=1S/C15H22N4O2/c1-16-15-17-13-7-5-4-6-12(13)14(18-15)19(8-10-20-2)9-11-21-3/h4-7H,8-11H2,1-3H3,(H,16,17,18). The zero-order valence-corrected chi connectivity index (χ0v) is 12.8. The first kappa shape index (κ1) is 15.5. The highest BCUT2D eigenvalue weighted by Crippen LogP contribution is 2.25. The Kier molecular flexibility index (Phi) is 5.71. The third-order valence-corrected chi connectivity index (χ3v) is 3.24. The number of methoxy groups -OCH3 is 2. The van der Waals surface area contributed by atoms with E-state index in [0.717, 1.165) is 29.8 Å². The molecule has 1 N–H and O–H groups in total. The summed E-state index contributed by atoms with van der Waals surface area (Å²) in [6, 6.07) is 8.01. The first-order chi connectivity index (χ1) is 10.3. The summed E-state index contributed by atoms with van der Waals surface area (Å²) in [7, 11) is 5.22. The zero-order valence-electron chi connectivity index (χ0n) is 12.8. The number of rotatable bonds is 8. The van der Waals surface area contributed by atoms with Crippen molar-refractivity contribution in [1.29, 1.82) is 0 Å². The van der Waals surface area contributed by atoms with Crippen LogP contribution in [-0.2, 0) is 9.47 Å². The molecule has 0 amide bonds. The van der Waals surface area contributed by atoms with Crippen molar-refractivity contribution in [3.63, 3.8) is 0 Å². The van der Waals surface area contributed by atoms with Gasteiger partial charge in [0.2, 0.25) is 5.95 Å². The molecule has 2 aromatic rings. The van der Waals surface area contributed by atoms with Crippen molar-refractivity contribution in [3.8, 4) is 0 Å². The molecule has 0 radical (unpaired) electrons. The summed E-state index contributed by atoms with van der Waals surface area (Å²) >= 11 is 0. The maximum atomic E-state index is 5.20. The number of fused-ring (bicyclic) bond motifs is 1. The number of ether oxygens (including phenoxy) is 2. The molecule has 0 atom stereocenters. The predicted molar refractivity (Wildman–Crippen MR) is 85.0 cm³/mol. The van der Waals surface area contributed by atoms with E-state index in [1.807, 2.05) is 31.3 Å².